The molecule has 4 unspecified atom stereocenters. The number of benzene rings is 1. The van der Waals surface area contributed by atoms with Gasteiger partial charge in [-0.15, -0.1) is 0 Å². The standard InChI is InChI=1S/C21H23NO7/c1-9-7-13-18(19(23)15(9)20(24)25)17(16(21(26)27)10(2)22-13)12-6-5-11(28-3)8-14(12)29-4/h5-6,8-9,15-17H,7H2,1-4H3,(H,24,25)(H,26,27). The third-order valence-electron chi connectivity index (χ3n) is 5.66. The molecule has 1 aromatic rings. The topological polar surface area (TPSA) is 122 Å². The van der Waals surface area contributed by atoms with Crippen molar-refractivity contribution in [3.8, 4) is 11.5 Å². The minimum Gasteiger partial charge on any atom is -0.497 e. The van der Waals surface area contributed by atoms with Crippen molar-refractivity contribution in [3.05, 3.63) is 35.0 Å². The predicted molar refractivity (Wildman–Crippen MR) is 103 cm³/mol. The van der Waals surface area contributed by atoms with E-state index in [1.165, 1.54) is 14.2 Å². The number of ether oxygens (including phenoxy) is 2. The minimum atomic E-state index is -1.23. The van der Waals surface area contributed by atoms with Crippen molar-refractivity contribution in [2.24, 2.45) is 22.7 Å². The Balaban J connectivity index is 2.26. The van der Waals surface area contributed by atoms with E-state index >= 15 is 0 Å². The average molecular weight is 401 g/mol. The van der Waals surface area contributed by atoms with Crippen molar-refractivity contribution >= 4 is 23.4 Å². The van der Waals surface area contributed by atoms with Gasteiger partial charge in [-0.05, 0) is 25.3 Å². The van der Waals surface area contributed by atoms with Gasteiger partial charge in [-0.3, -0.25) is 19.4 Å². The largest absolute Gasteiger partial charge is 0.497 e. The third kappa shape index (κ3) is 3.39. The summed E-state index contributed by atoms with van der Waals surface area (Å²) in [5, 5.41) is 19.5. The molecule has 1 aliphatic carbocycles. The van der Waals surface area contributed by atoms with E-state index in [1.54, 1.807) is 32.0 Å². The molecule has 2 N–H and O–H groups in total. The SMILES string of the molecule is COc1ccc(C2C3=C(CC(C)C(C(=O)O)C3=O)N=C(C)C2C(=O)O)c(OC)c1. The zero-order valence-corrected chi connectivity index (χ0v) is 16.6. The van der Waals surface area contributed by atoms with E-state index in [9.17, 15) is 24.6 Å². The average Bonchev–Trinajstić information content (AvgIpc) is 2.65. The van der Waals surface area contributed by atoms with Gasteiger partial charge in [0.25, 0.3) is 0 Å². The van der Waals surface area contributed by atoms with E-state index in [1.807, 2.05) is 0 Å². The Morgan fingerprint density at radius 1 is 1.10 bits per heavy atom. The molecule has 1 aliphatic heterocycles. The molecule has 0 saturated carbocycles. The number of Topliss-reactive ketones (excluding diaryl/α,β-unsaturated/α-hetero) is 1. The summed E-state index contributed by atoms with van der Waals surface area (Å²) < 4.78 is 10.7. The Morgan fingerprint density at radius 2 is 1.76 bits per heavy atom. The second-order valence-electron chi connectivity index (χ2n) is 7.38. The van der Waals surface area contributed by atoms with Gasteiger partial charge >= 0.3 is 11.9 Å². The van der Waals surface area contributed by atoms with Crippen LogP contribution in [0, 0.1) is 17.8 Å². The number of aliphatic imine (C=N–C) groups is 1. The lowest BCUT2D eigenvalue weighted by Crippen LogP contribution is -2.42. The third-order valence-corrected chi connectivity index (χ3v) is 5.66. The fraction of sp³-hybridized carbons (Fsp3) is 0.429. The van der Waals surface area contributed by atoms with E-state index in [0.29, 0.717) is 28.5 Å². The van der Waals surface area contributed by atoms with Crippen LogP contribution in [0.1, 0.15) is 31.7 Å². The summed E-state index contributed by atoms with van der Waals surface area (Å²) in [4.78, 5) is 41.5. The van der Waals surface area contributed by atoms with Gasteiger partial charge in [-0.25, -0.2) is 0 Å². The fourth-order valence-electron chi connectivity index (χ4n) is 4.32. The number of allylic oxidation sites excluding steroid dienone is 2. The molecule has 3 rings (SSSR count). The number of hydrogen-bond acceptors (Lipinski definition) is 6. The maximum absolute atomic E-state index is 13.2. The monoisotopic (exact) mass is 401 g/mol. The Bertz CT molecular complexity index is 946. The van der Waals surface area contributed by atoms with E-state index in [2.05, 4.69) is 4.99 Å². The van der Waals surface area contributed by atoms with Gasteiger partial charge in [0, 0.05) is 34.5 Å². The molecule has 8 nitrogen and oxygen atoms in total. The molecule has 8 heteroatoms. The summed E-state index contributed by atoms with van der Waals surface area (Å²) in [6.07, 6.45) is 0.288. The number of carboxylic acid groups (broad SMARTS) is 2. The second kappa shape index (κ2) is 7.69. The summed E-state index contributed by atoms with van der Waals surface area (Å²) in [6, 6.07) is 4.92. The van der Waals surface area contributed by atoms with Crippen LogP contribution in [0.25, 0.3) is 0 Å². The first-order valence-electron chi connectivity index (χ1n) is 9.21. The molecule has 1 aromatic carbocycles. The van der Waals surface area contributed by atoms with E-state index in [4.69, 9.17) is 9.47 Å². The first kappa shape index (κ1) is 20.6. The Morgan fingerprint density at radius 3 is 2.31 bits per heavy atom. The van der Waals surface area contributed by atoms with Crippen LogP contribution in [0.15, 0.2) is 34.5 Å². The van der Waals surface area contributed by atoms with Crippen LogP contribution >= 0.6 is 0 Å². The Kier molecular flexibility index (Phi) is 5.46. The number of rotatable bonds is 5. The van der Waals surface area contributed by atoms with Crippen molar-refractivity contribution in [1.29, 1.82) is 0 Å². The highest BCUT2D eigenvalue weighted by molar-refractivity contribution is 6.14. The first-order valence-corrected chi connectivity index (χ1v) is 9.21. The number of methoxy groups -OCH3 is 2. The molecule has 4 atom stereocenters. The van der Waals surface area contributed by atoms with Crippen molar-refractivity contribution in [3.63, 3.8) is 0 Å². The molecule has 0 bridgehead atoms. The molecule has 2 aliphatic rings. The first-order chi connectivity index (χ1) is 13.7. The quantitative estimate of drug-likeness (QED) is 0.727. The Hall–Kier alpha value is -3.16. The number of carbonyl (C=O) groups excluding carboxylic acids is 1. The molecule has 1 heterocycles. The zero-order valence-electron chi connectivity index (χ0n) is 16.6. The van der Waals surface area contributed by atoms with Crippen LogP contribution in [0.2, 0.25) is 0 Å². The lowest BCUT2D eigenvalue weighted by molar-refractivity contribution is -0.147. The van der Waals surface area contributed by atoms with Gasteiger partial charge in [-0.2, -0.15) is 0 Å². The molecule has 154 valence electrons. The minimum absolute atomic E-state index is 0.150. The van der Waals surface area contributed by atoms with Gasteiger partial charge in [0.15, 0.2) is 5.78 Å². The number of nitrogens with zero attached hydrogens (tertiary/aromatic N) is 1. The molecule has 0 spiro atoms. The summed E-state index contributed by atoms with van der Waals surface area (Å²) in [6.45, 7) is 3.31. The van der Waals surface area contributed by atoms with Crippen LogP contribution in [0.3, 0.4) is 0 Å². The molecule has 0 radical (unpaired) electrons. The highest BCUT2D eigenvalue weighted by atomic mass is 16.5. The molecule has 0 saturated heterocycles. The molecule has 0 amide bonds. The Labute approximate surface area is 167 Å². The zero-order chi connectivity index (χ0) is 21.5. The predicted octanol–water partition coefficient (Wildman–Crippen LogP) is 2.53. The van der Waals surface area contributed by atoms with Crippen LogP contribution in [-0.4, -0.2) is 47.9 Å². The van der Waals surface area contributed by atoms with Gasteiger partial charge in [-0.1, -0.05) is 13.0 Å². The maximum Gasteiger partial charge on any atom is 0.314 e. The van der Waals surface area contributed by atoms with Crippen molar-refractivity contribution in [2.45, 2.75) is 26.2 Å². The summed E-state index contributed by atoms with van der Waals surface area (Å²) in [5.74, 6) is -5.74. The van der Waals surface area contributed by atoms with Gasteiger partial charge < -0.3 is 19.7 Å². The summed E-state index contributed by atoms with van der Waals surface area (Å²) in [7, 11) is 2.94. The number of carboxylic acids is 2. The fourth-order valence-corrected chi connectivity index (χ4v) is 4.32. The lowest BCUT2D eigenvalue weighted by Gasteiger charge is -2.37. The van der Waals surface area contributed by atoms with Crippen molar-refractivity contribution in [1.82, 2.24) is 0 Å². The molecule has 29 heavy (non-hydrogen) atoms. The van der Waals surface area contributed by atoms with Gasteiger partial charge in [0.05, 0.1) is 14.2 Å². The maximum atomic E-state index is 13.2. The van der Waals surface area contributed by atoms with Gasteiger partial charge in [0.1, 0.15) is 23.3 Å². The van der Waals surface area contributed by atoms with Crippen LogP contribution < -0.4 is 9.47 Å². The van der Waals surface area contributed by atoms with Crippen LogP contribution in [-0.2, 0) is 14.4 Å². The van der Waals surface area contributed by atoms with E-state index < -0.39 is 41.4 Å². The summed E-state index contributed by atoms with van der Waals surface area (Å²) in [5.41, 5.74) is 1.46. The van der Waals surface area contributed by atoms with Crippen molar-refractivity contribution in [2.75, 3.05) is 14.2 Å². The van der Waals surface area contributed by atoms with Crippen molar-refractivity contribution < 1.29 is 34.1 Å². The van der Waals surface area contributed by atoms with Gasteiger partial charge in [0.2, 0.25) is 0 Å². The molecular formula is C21H23NO7. The number of aliphatic carboxylic acids is 2. The second-order valence-corrected chi connectivity index (χ2v) is 7.38. The van der Waals surface area contributed by atoms with Crippen LogP contribution in [0.5, 0.6) is 11.5 Å². The number of carbonyl (C=O) groups is 3. The number of ketones is 1. The lowest BCUT2D eigenvalue weighted by atomic mass is 9.67. The van der Waals surface area contributed by atoms with E-state index in [0.717, 1.165) is 0 Å². The molecular weight excluding hydrogens is 378 g/mol. The van der Waals surface area contributed by atoms with E-state index in [-0.39, 0.29) is 12.0 Å². The highest BCUT2D eigenvalue weighted by Gasteiger charge is 2.49. The smallest absolute Gasteiger partial charge is 0.314 e. The number of hydrogen-bond donors (Lipinski definition) is 2. The normalized spacial score (nSPS) is 26.5. The molecule has 0 fully saturated rings. The highest BCUT2D eigenvalue weighted by Crippen LogP contribution is 2.48. The molecule has 0 aromatic heterocycles. The summed E-state index contributed by atoms with van der Waals surface area (Å²) >= 11 is 0. The van der Waals surface area contributed by atoms with Crippen LogP contribution in [0.4, 0.5) is 0 Å².